The average molecular weight is 548 g/mol. The first-order chi connectivity index (χ1) is 15.0. The van der Waals surface area contributed by atoms with E-state index in [1.165, 1.54) is 6.21 Å². The topological polar surface area (TPSA) is 79.8 Å². The van der Waals surface area contributed by atoms with E-state index in [0.717, 1.165) is 20.4 Å². The van der Waals surface area contributed by atoms with Crippen LogP contribution in [-0.4, -0.2) is 24.6 Å². The Bertz CT molecular complexity index is 1070. The maximum absolute atomic E-state index is 12.1. The van der Waals surface area contributed by atoms with Gasteiger partial charge in [-0.15, -0.1) is 0 Å². The van der Waals surface area contributed by atoms with Gasteiger partial charge >= 0.3 is 0 Å². The zero-order chi connectivity index (χ0) is 22.1. The Morgan fingerprint density at radius 3 is 2.42 bits per heavy atom. The van der Waals surface area contributed by atoms with Gasteiger partial charge in [0.2, 0.25) is 0 Å². The molecule has 31 heavy (non-hydrogen) atoms. The smallest absolute Gasteiger partial charge is 0.259 e. The number of amides is 2. The van der Waals surface area contributed by atoms with Crippen LogP contribution in [0.3, 0.4) is 0 Å². The standard InChI is InChI=1S/C23H19ClIN3O3/c24-18-9-5-17(6-10-18)15-31-19-11-7-16(8-12-19)13-27-28-22(29)14-26-23(30)20-3-1-2-4-21(20)25/h1-13H,14-15H2,(H,26,30)(H,28,29)/b27-13+. The summed E-state index contributed by atoms with van der Waals surface area (Å²) in [5, 5.41) is 7.17. The SMILES string of the molecule is O=C(CNC(=O)c1ccccc1I)N/N=C/c1ccc(OCc2ccc(Cl)cc2)cc1. The number of ether oxygens (including phenoxy) is 1. The summed E-state index contributed by atoms with van der Waals surface area (Å²) in [5.74, 6) is -0.00818. The van der Waals surface area contributed by atoms with Gasteiger partial charge in [0.15, 0.2) is 0 Å². The lowest BCUT2D eigenvalue weighted by Crippen LogP contribution is -2.35. The molecule has 2 amide bonds. The average Bonchev–Trinajstić information content (AvgIpc) is 2.78. The summed E-state index contributed by atoms with van der Waals surface area (Å²) in [6.45, 7) is 0.271. The number of hydrogen-bond donors (Lipinski definition) is 2. The molecule has 158 valence electrons. The van der Waals surface area contributed by atoms with Gasteiger partial charge < -0.3 is 10.1 Å². The number of nitrogens with one attached hydrogen (secondary N) is 2. The molecule has 0 aliphatic rings. The lowest BCUT2D eigenvalue weighted by molar-refractivity contribution is -0.120. The van der Waals surface area contributed by atoms with Gasteiger partial charge in [-0.3, -0.25) is 9.59 Å². The highest BCUT2D eigenvalue weighted by atomic mass is 127. The van der Waals surface area contributed by atoms with Crippen LogP contribution in [0.25, 0.3) is 0 Å². The van der Waals surface area contributed by atoms with Crippen molar-refractivity contribution in [2.75, 3.05) is 6.54 Å². The third-order valence-electron chi connectivity index (χ3n) is 4.13. The van der Waals surface area contributed by atoms with Crippen LogP contribution < -0.4 is 15.5 Å². The number of hydrazone groups is 1. The van der Waals surface area contributed by atoms with Crippen LogP contribution in [0.1, 0.15) is 21.5 Å². The maximum Gasteiger partial charge on any atom is 0.259 e. The largest absolute Gasteiger partial charge is 0.489 e. The third kappa shape index (κ3) is 7.37. The molecule has 0 bridgehead atoms. The summed E-state index contributed by atoms with van der Waals surface area (Å²) < 4.78 is 6.55. The highest BCUT2D eigenvalue weighted by Crippen LogP contribution is 2.15. The summed E-state index contributed by atoms with van der Waals surface area (Å²) in [4.78, 5) is 24.0. The predicted molar refractivity (Wildman–Crippen MR) is 129 cm³/mol. The molecule has 0 fully saturated rings. The molecular formula is C23H19ClIN3O3. The molecule has 0 radical (unpaired) electrons. The number of benzene rings is 3. The second-order valence-electron chi connectivity index (χ2n) is 6.44. The summed E-state index contributed by atoms with van der Waals surface area (Å²) in [6.07, 6.45) is 1.52. The Morgan fingerprint density at radius 2 is 1.71 bits per heavy atom. The molecule has 0 aliphatic carbocycles. The Morgan fingerprint density at radius 1 is 1.00 bits per heavy atom. The summed E-state index contributed by atoms with van der Waals surface area (Å²) in [7, 11) is 0. The molecule has 0 spiro atoms. The van der Waals surface area contributed by atoms with Crippen molar-refractivity contribution in [2.24, 2.45) is 5.10 Å². The van der Waals surface area contributed by atoms with Crippen LogP contribution in [0.4, 0.5) is 0 Å². The molecule has 6 nitrogen and oxygen atoms in total. The maximum atomic E-state index is 12.1. The minimum absolute atomic E-state index is 0.168. The van der Waals surface area contributed by atoms with Crippen LogP contribution >= 0.6 is 34.2 Å². The van der Waals surface area contributed by atoms with Crippen LogP contribution in [0.5, 0.6) is 5.75 Å². The van der Waals surface area contributed by atoms with E-state index in [0.29, 0.717) is 17.2 Å². The normalized spacial score (nSPS) is 10.6. The van der Waals surface area contributed by atoms with Gasteiger partial charge in [0.25, 0.3) is 11.8 Å². The molecule has 2 N–H and O–H groups in total. The zero-order valence-corrected chi connectivity index (χ0v) is 19.3. The molecule has 0 aliphatic heterocycles. The van der Waals surface area contributed by atoms with E-state index in [2.05, 4.69) is 38.4 Å². The molecule has 0 aromatic heterocycles. The second kappa shape index (κ2) is 11.5. The lowest BCUT2D eigenvalue weighted by Gasteiger charge is -2.07. The van der Waals surface area contributed by atoms with Gasteiger partial charge in [0, 0.05) is 8.59 Å². The monoisotopic (exact) mass is 547 g/mol. The number of carbonyl (C=O) groups is 2. The number of hydrogen-bond acceptors (Lipinski definition) is 4. The van der Waals surface area contributed by atoms with Crippen molar-refractivity contribution in [1.29, 1.82) is 0 Å². The van der Waals surface area contributed by atoms with Crippen molar-refractivity contribution in [2.45, 2.75) is 6.61 Å². The minimum Gasteiger partial charge on any atom is -0.489 e. The first kappa shape index (κ1) is 22.8. The van der Waals surface area contributed by atoms with E-state index in [1.807, 2.05) is 60.7 Å². The molecular weight excluding hydrogens is 529 g/mol. The lowest BCUT2D eigenvalue weighted by atomic mass is 10.2. The fraction of sp³-hybridized carbons (Fsp3) is 0.0870. The quantitative estimate of drug-likeness (QED) is 0.249. The second-order valence-corrected chi connectivity index (χ2v) is 8.04. The zero-order valence-electron chi connectivity index (χ0n) is 16.3. The minimum atomic E-state index is -0.418. The predicted octanol–water partition coefficient (Wildman–Crippen LogP) is 4.40. The van der Waals surface area contributed by atoms with Gasteiger partial charge in [-0.05, 0) is 82.2 Å². The van der Waals surface area contributed by atoms with Crippen molar-refractivity contribution in [1.82, 2.24) is 10.7 Å². The van der Waals surface area contributed by atoms with E-state index < -0.39 is 5.91 Å². The molecule has 3 aromatic carbocycles. The molecule has 8 heteroatoms. The number of carbonyl (C=O) groups excluding carboxylic acids is 2. The van der Waals surface area contributed by atoms with Crippen molar-refractivity contribution < 1.29 is 14.3 Å². The van der Waals surface area contributed by atoms with Gasteiger partial charge in [0.05, 0.1) is 18.3 Å². The van der Waals surface area contributed by atoms with Crippen molar-refractivity contribution in [3.8, 4) is 5.75 Å². The first-order valence-electron chi connectivity index (χ1n) is 9.33. The highest BCUT2D eigenvalue weighted by molar-refractivity contribution is 14.1. The summed E-state index contributed by atoms with van der Waals surface area (Å²) in [5.41, 5.74) is 4.73. The van der Waals surface area contributed by atoms with Gasteiger partial charge in [-0.25, -0.2) is 5.43 Å². The van der Waals surface area contributed by atoms with Crippen LogP contribution in [0.15, 0.2) is 77.9 Å². The van der Waals surface area contributed by atoms with E-state index >= 15 is 0 Å². The molecule has 0 heterocycles. The fourth-order valence-corrected chi connectivity index (χ4v) is 3.28. The highest BCUT2D eigenvalue weighted by Gasteiger charge is 2.10. The first-order valence-corrected chi connectivity index (χ1v) is 10.8. The Balaban J connectivity index is 1.41. The van der Waals surface area contributed by atoms with Crippen molar-refractivity contribution in [3.63, 3.8) is 0 Å². The van der Waals surface area contributed by atoms with Crippen molar-refractivity contribution >= 4 is 52.2 Å². The molecule has 0 saturated carbocycles. The summed E-state index contributed by atoms with van der Waals surface area (Å²) in [6, 6.07) is 21.9. The number of halogens is 2. The van der Waals surface area contributed by atoms with Gasteiger partial charge in [-0.2, -0.15) is 5.10 Å². The molecule has 3 rings (SSSR count). The van der Waals surface area contributed by atoms with Crippen molar-refractivity contribution in [3.05, 3.63) is 98.1 Å². The Kier molecular flexibility index (Phi) is 8.43. The summed E-state index contributed by atoms with van der Waals surface area (Å²) >= 11 is 7.95. The Hall–Kier alpha value is -2.91. The Labute approximate surface area is 198 Å². The van der Waals surface area contributed by atoms with Crippen LogP contribution in [0, 0.1) is 3.57 Å². The molecule has 0 unspecified atom stereocenters. The van der Waals surface area contributed by atoms with E-state index in [1.54, 1.807) is 12.1 Å². The van der Waals surface area contributed by atoms with E-state index in [9.17, 15) is 9.59 Å². The van der Waals surface area contributed by atoms with Crippen LogP contribution in [0.2, 0.25) is 5.02 Å². The third-order valence-corrected chi connectivity index (χ3v) is 5.32. The molecule has 0 saturated heterocycles. The van der Waals surface area contributed by atoms with Gasteiger partial charge in [-0.1, -0.05) is 35.9 Å². The van der Waals surface area contributed by atoms with E-state index in [4.69, 9.17) is 16.3 Å². The number of nitrogens with zero attached hydrogens (tertiary/aromatic N) is 1. The fourth-order valence-electron chi connectivity index (χ4n) is 2.52. The molecule has 0 atom stereocenters. The van der Waals surface area contributed by atoms with Crippen LogP contribution in [-0.2, 0) is 11.4 Å². The van der Waals surface area contributed by atoms with E-state index in [-0.39, 0.29) is 12.5 Å². The van der Waals surface area contributed by atoms with Gasteiger partial charge in [0.1, 0.15) is 12.4 Å². The number of rotatable bonds is 8. The molecule has 3 aromatic rings.